The van der Waals surface area contributed by atoms with E-state index in [2.05, 4.69) is 42.7 Å². The number of hydrogen-bond acceptors (Lipinski definition) is 3. The van der Waals surface area contributed by atoms with Crippen LogP contribution in [0, 0.1) is 0 Å². The van der Waals surface area contributed by atoms with Crippen LogP contribution in [0.5, 0.6) is 0 Å². The third-order valence-corrected chi connectivity index (χ3v) is 4.79. The lowest BCUT2D eigenvalue weighted by molar-refractivity contribution is 0.399. The first-order chi connectivity index (χ1) is 8.33. The number of hydrogen-bond donors (Lipinski definition) is 2. The van der Waals surface area contributed by atoms with Crippen molar-refractivity contribution in [3.05, 3.63) is 27.9 Å². The van der Waals surface area contributed by atoms with Gasteiger partial charge < -0.3 is 10.3 Å². The van der Waals surface area contributed by atoms with Gasteiger partial charge >= 0.3 is 0 Å². The zero-order valence-corrected chi connectivity index (χ0v) is 11.8. The minimum Gasteiger partial charge on any atom is -0.340 e. The van der Waals surface area contributed by atoms with Crippen molar-refractivity contribution in [1.82, 2.24) is 15.3 Å². The van der Waals surface area contributed by atoms with E-state index < -0.39 is 0 Å². The van der Waals surface area contributed by atoms with Crippen LogP contribution >= 0.6 is 27.3 Å². The molecule has 3 nitrogen and oxygen atoms in total. The van der Waals surface area contributed by atoms with Crippen LogP contribution in [0.4, 0.5) is 0 Å². The Hall–Kier alpha value is -0.650. The van der Waals surface area contributed by atoms with E-state index in [-0.39, 0.29) is 0 Å². The van der Waals surface area contributed by atoms with Gasteiger partial charge in [-0.1, -0.05) is 6.42 Å². The summed E-state index contributed by atoms with van der Waals surface area (Å²) in [6.07, 6.45) is 5.69. The number of halogens is 1. The number of piperidine rings is 1. The Kier molecular flexibility index (Phi) is 3.31. The van der Waals surface area contributed by atoms with Gasteiger partial charge in [0.1, 0.15) is 5.82 Å². The monoisotopic (exact) mass is 311 g/mol. The van der Waals surface area contributed by atoms with Crippen LogP contribution < -0.4 is 5.32 Å². The number of rotatable bonds is 2. The van der Waals surface area contributed by atoms with Crippen molar-refractivity contribution in [2.24, 2.45) is 0 Å². The second-order valence-electron chi connectivity index (χ2n) is 4.31. The molecule has 2 N–H and O–H groups in total. The third-order valence-electron chi connectivity index (χ3n) is 3.07. The van der Waals surface area contributed by atoms with Crippen LogP contribution in [0.2, 0.25) is 0 Å². The summed E-state index contributed by atoms with van der Waals surface area (Å²) in [6.45, 7) is 1.10. The first-order valence-corrected chi connectivity index (χ1v) is 7.53. The first-order valence-electron chi connectivity index (χ1n) is 5.85. The van der Waals surface area contributed by atoms with Crippen LogP contribution in [0.15, 0.2) is 22.1 Å². The van der Waals surface area contributed by atoms with Gasteiger partial charge in [0.2, 0.25) is 0 Å². The average Bonchev–Trinajstić information content (AvgIpc) is 2.98. The van der Waals surface area contributed by atoms with Crippen LogP contribution in [0.1, 0.15) is 31.1 Å². The third kappa shape index (κ3) is 2.46. The van der Waals surface area contributed by atoms with E-state index in [1.165, 1.54) is 24.1 Å². The molecular weight excluding hydrogens is 298 g/mol. The molecule has 1 atom stereocenters. The molecule has 3 rings (SSSR count). The zero-order chi connectivity index (χ0) is 11.7. The van der Waals surface area contributed by atoms with Gasteiger partial charge in [-0.15, -0.1) is 11.3 Å². The lowest BCUT2D eigenvalue weighted by Crippen LogP contribution is -2.27. The van der Waals surface area contributed by atoms with Crippen molar-refractivity contribution in [2.75, 3.05) is 6.54 Å². The molecule has 5 heteroatoms. The molecule has 0 amide bonds. The second-order valence-corrected chi connectivity index (χ2v) is 6.14. The van der Waals surface area contributed by atoms with Crippen molar-refractivity contribution in [2.45, 2.75) is 25.3 Å². The molecule has 3 heterocycles. The van der Waals surface area contributed by atoms with Crippen molar-refractivity contribution in [3.8, 4) is 10.6 Å². The Labute approximate surface area is 113 Å². The SMILES string of the molecule is Brc1csc(-c2cnc(C3CCCCN3)[nH]2)c1. The fourth-order valence-electron chi connectivity index (χ4n) is 2.18. The van der Waals surface area contributed by atoms with E-state index in [0.29, 0.717) is 6.04 Å². The van der Waals surface area contributed by atoms with Crippen LogP contribution in [0.25, 0.3) is 10.6 Å². The smallest absolute Gasteiger partial charge is 0.123 e. The van der Waals surface area contributed by atoms with E-state index in [1.807, 2.05) is 6.20 Å². The molecule has 0 spiro atoms. The van der Waals surface area contributed by atoms with Gasteiger partial charge in [0, 0.05) is 9.85 Å². The van der Waals surface area contributed by atoms with E-state index in [0.717, 1.165) is 22.5 Å². The van der Waals surface area contributed by atoms with Crippen LogP contribution in [0.3, 0.4) is 0 Å². The van der Waals surface area contributed by atoms with Crippen molar-refractivity contribution >= 4 is 27.3 Å². The Balaban J connectivity index is 1.82. The average molecular weight is 312 g/mol. The maximum Gasteiger partial charge on any atom is 0.123 e. The van der Waals surface area contributed by atoms with Gasteiger partial charge in [-0.25, -0.2) is 4.98 Å². The van der Waals surface area contributed by atoms with Gasteiger partial charge in [-0.3, -0.25) is 0 Å². The zero-order valence-electron chi connectivity index (χ0n) is 9.37. The number of imidazole rings is 1. The lowest BCUT2D eigenvalue weighted by atomic mass is 10.0. The molecule has 1 unspecified atom stereocenters. The Bertz CT molecular complexity index is 499. The number of aromatic nitrogens is 2. The van der Waals surface area contributed by atoms with Crippen molar-refractivity contribution < 1.29 is 0 Å². The number of thiophene rings is 1. The molecule has 0 bridgehead atoms. The van der Waals surface area contributed by atoms with Gasteiger partial charge in [0.15, 0.2) is 0 Å². The Morgan fingerprint density at radius 2 is 2.35 bits per heavy atom. The molecule has 2 aromatic heterocycles. The van der Waals surface area contributed by atoms with E-state index in [4.69, 9.17) is 0 Å². The molecule has 0 saturated carbocycles. The number of aromatic amines is 1. The highest BCUT2D eigenvalue weighted by Gasteiger charge is 2.18. The molecule has 0 aliphatic carbocycles. The molecule has 90 valence electrons. The maximum absolute atomic E-state index is 4.50. The fourth-order valence-corrected chi connectivity index (χ4v) is 3.57. The molecule has 1 aliphatic rings. The summed E-state index contributed by atoms with van der Waals surface area (Å²) in [6, 6.07) is 2.52. The minimum atomic E-state index is 0.404. The van der Waals surface area contributed by atoms with E-state index in [9.17, 15) is 0 Å². The summed E-state index contributed by atoms with van der Waals surface area (Å²) in [5, 5.41) is 5.60. The predicted octanol–water partition coefficient (Wildman–Crippen LogP) is 3.72. The summed E-state index contributed by atoms with van der Waals surface area (Å²) in [5.41, 5.74) is 1.11. The summed E-state index contributed by atoms with van der Waals surface area (Å²) in [5.74, 6) is 1.07. The van der Waals surface area contributed by atoms with Gasteiger partial charge in [0.05, 0.1) is 22.8 Å². The quantitative estimate of drug-likeness (QED) is 0.887. The summed E-state index contributed by atoms with van der Waals surface area (Å²) >= 11 is 5.20. The molecule has 0 radical (unpaired) electrons. The van der Waals surface area contributed by atoms with Crippen molar-refractivity contribution in [3.63, 3.8) is 0 Å². The first kappa shape index (κ1) is 11.4. The number of H-pyrrole nitrogens is 1. The predicted molar refractivity (Wildman–Crippen MR) is 74.2 cm³/mol. The largest absolute Gasteiger partial charge is 0.340 e. The minimum absolute atomic E-state index is 0.404. The highest BCUT2D eigenvalue weighted by atomic mass is 79.9. The highest BCUT2D eigenvalue weighted by Crippen LogP contribution is 2.30. The van der Waals surface area contributed by atoms with E-state index >= 15 is 0 Å². The molecule has 1 saturated heterocycles. The van der Waals surface area contributed by atoms with Crippen LogP contribution in [-0.4, -0.2) is 16.5 Å². The number of nitrogens with zero attached hydrogens (tertiary/aromatic N) is 1. The van der Waals surface area contributed by atoms with Crippen molar-refractivity contribution in [1.29, 1.82) is 0 Å². The topological polar surface area (TPSA) is 40.7 Å². The molecule has 17 heavy (non-hydrogen) atoms. The fraction of sp³-hybridized carbons (Fsp3) is 0.417. The van der Waals surface area contributed by atoms with Gasteiger partial charge in [-0.05, 0) is 41.4 Å². The highest BCUT2D eigenvalue weighted by molar-refractivity contribution is 9.10. The molecule has 1 aliphatic heterocycles. The van der Waals surface area contributed by atoms with Gasteiger partial charge in [0.25, 0.3) is 0 Å². The molecular formula is C12H14BrN3S. The van der Waals surface area contributed by atoms with E-state index in [1.54, 1.807) is 11.3 Å². The Morgan fingerprint density at radius 1 is 1.41 bits per heavy atom. The van der Waals surface area contributed by atoms with Crippen LogP contribution in [-0.2, 0) is 0 Å². The van der Waals surface area contributed by atoms with Gasteiger partial charge in [-0.2, -0.15) is 0 Å². The standard InChI is InChI=1S/C12H14BrN3S/c13-8-5-11(17-7-8)10-6-15-12(16-10)9-3-1-2-4-14-9/h5-7,9,14H,1-4H2,(H,15,16). The molecule has 0 aromatic carbocycles. The summed E-state index contributed by atoms with van der Waals surface area (Å²) in [4.78, 5) is 9.16. The second kappa shape index (κ2) is 4.92. The maximum atomic E-state index is 4.50. The molecule has 2 aromatic rings. The molecule has 1 fully saturated rings. The lowest BCUT2D eigenvalue weighted by Gasteiger charge is -2.21. The Morgan fingerprint density at radius 3 is 3.06 bits per heavy atom. The summed E-state index contributed by atoms with van der Waals surface area (Å²) < 4.78 is 1.13. The normalized spacial score (nSPS) is 20.6. The number of nitrogens with one attached hydrogen (secondary N) is 2. The summed E-state index contributed by atoms with van der Waals surface area (Å²) in [7, 11) is 0.